The maximum atomic E-state index is 12.5. The van der Waals surface area contributed by atoms with Gasteiger partial charge in [0.05, 0.1) is 18.8 Å². The van der Waals surface area contributed by atoms with E-state index in [4.69, 9.17) is 10.5 Å². The Balaban J connectivity index is 1.87. The first kappa shape index (κ1) is 16.7. The van der Waals surface area contributed by atoms with Gasteiger partial charge in [-0.05, 0) is 18.8 Å². The standard InChI is InChI=1S/C16H31N3O2/c1-13(2)14(19-8-10-21-11-9-19)12-18-15(20)16(17)6-4-3-5-7-16/h13-14H,3-12,17H2,1-2H3,(H,18,20). The summed E-state index contributed by atoms with van der Waals surface area (Å²) in [4.78, 5) is 14.9. The minimum atomic E-state index is -0.634. The summed E-state index contributed by atoms with van der Waals surface area (Å²) in [5, 5.41) is 3.13. The zero-order valence-electron chi connectivity index (χ0n) is 13.6. The van der Waals surface area contributed by atoms with Gasteiger partial charge in [0.25, 0.3) is 0 Å². The molecule has 1 saturated heterocycles. The Bertz CT molecular complexity index is 334. The van der Waals surface area contributed by atoms with Crippen molar-refractivity contribution in [3.8, 4) is 0 Å². The van der Waals surface area contributed by atoms with Crippen molar-refractivity contribution >= 4 is 5.91 Å². The van der Waals surface area contributed by atoms with Crippen LogP contribution in [0.1, 0.15) is 46.0 Å². The highest BCUT2D eigenvalue weighted by molar-refractivity contribution is 5.86. The van der Waals surface area contributed by atoms with Crippen molar-refractivity contribution in [3.63, 3.8) is 0 Å². The minimum Gasteiger partial charge on any atom is -0.379 e. The lowest BCUT2D eigenvalue weighted by Crippen LogP contribution is -2.58. The fourth-order valence-electron chi connectivity index (χ4n) is 3.48. The predicted molar refractivity (Wildman–Crippen MR) is 84.0 cm³/mol. The molecule has 3 N–H and O–H groups in total. The van der Waals surface area contributed by atoms with Crippen LogP contribution in [-0.2, 0) is 9.53 Å². The summed E-state index contributed by atoms with van der Waals surface area (Å²) < 4.78 is 5.42. The van der Waals surface area contributed by atoms with Crippen molar-refractivity contribution in [2.24, 2.45) is 11.7 Å². The van der Waals surface area contributed by atoms with Gasteiger partial charge in [-0.25, -0.2) is 0 Å². The van der Waals surface area contributed by atoms with Gasteiger partial charge in [-0.3, -0.25) is 9.69 Å². The van der Waals surface area contributed by atoms with E-state index in [9.17, 15) is 4.79 Å². The van der Waals surface area contributed by atoms with Crippen molar-refractivity contribution < 1.29 is 9.53 Å². The van der Waals surface area contributed by atoms with Crippen molar-refractivity contribution in [1.82, 2.24) is 10.2 Å². The van der Waals surface area contributed by atoms with E-state index in [-0.39, 0.29) is 5.91 Å². The second kappa shape index (κ2) is 7.56. The Morgan fingerprint density at radius 2 is 1.86 bits per heavy atom. The highest BCUT2D eigenvalue weighted by atomic mass is 16.5. The molecule has 1 atom stereocenters. The number of carbonyl (C=O) groups excluding carboxylic acids is 1. The maximum absolute atomic E-state index is 12.5. The number of hydrogen-bond acceptors (Lipinski definition) is 4. The zero-order chi connectivity index (χ0) is 15.3. The number of rotatable bonds is 5. The fraction of sp³-hybridized carbons (Fsp3) is 0.938. The molecule has 21 heavy (non-hydrogen) atoms. The Hall–Kier alpha value is -0.650. The summed E-state index contributed by atoms with van der Waals surface area (Å²) in [6, 6.07) is 0.366. The molecule has 0 aromatic rings. The zero-order valence-corrected chi connectivity index (χ0v) is 13.6. The number of nitrogens with one attached hydrogen (secondary N) is 1. The fourth-order valence-corrected chi connectivity index (χ4v) is 3.48. The van der Waals surface area contributed by atoms with Gasteiger partial charge in [-0.15, -0.1) is 0 Å². The first-order chi connectivity index (χ1) is 10.0. The third-order valence-electron chi connectivity index (χ3n) is 4.95. The van der Waals surface area contributed by atoms with Gasteiger partial charge in [0.15, 0.2) is 0 Å². The van der Waals surface area contributed by atoms with E-state index in [0.29, 0.717) is 18.5 Å². The average molecular weight is 297 g/mol. The van der Waals surface area contributed by atoms with Crippen LogP contribution in [0.25, 0.3) is 0 Å². The molecule has 2 fully saturated rings. The van der Waals surface area contributed by atoms with E-state index in [1.54, 1.807) is 0 Å². The number of amides is 1. The van der Waals surface area contributed by atoms with Gasteiger partial charge in [0.1, 0.15) is 0 Å². The average Bonchev–Trinajstić information content (AvgIpc) is 2.48. The number of ether oxygens (including phenoxy) is 1. The molecule has 0 aromatic carbocycles. The van der Waals surface area contributed by atoms with Gasteiger partial charge in [0, 0.05) is 25.7 Å². The molecule has 2 rings (SSSR count). The first-order valence-electron chi connectivity index (χ1n) is 8.42. The van der Waals surface area contributed by atoms with Crippen LogP contribution >= 0.6 is 0 Å². The van der Waals surface area contributed by atoms with Gasteiger partial charge in [-0.2, -0.15) is 0 Å². The molecule has 0 spiro atoms. The molecular weight excluding hydrogens is 266 g/mol. The van der Waals surface area contributed by atoms with Gasteiger partial charge in [0.2, 0.25) is 5.91 Å². The summed E-state index contributed by atoms with van der Waals surface area (Å²) >= 11 is 0. The summed E-state index contributed by atoms with van der Waals surface area (Å²) in [6.07, 6.45) is 4.99. The lowest BCUT2D eigenvalue weighted by atomic mass is 9.82. The molecule has 122 valence electrons. The summed E-state index contributed by atoms with van der Waals surface area (Å²) in [6.45, 7) is 8.60. The number of carbonyl (C=O) groups is 1. The van der Waals surface area contributed by atoms with Crippen LogP contribution < -0.4 is 11.1 Å². The molecule has 5 heteroatoms. The molecular formula is C16H31N3O2. The van der Waals surface area contributed by atoms with E-state index >= 15 is 0 Å². The maximum Gasteiger partial charge on any atom is 0.240 e. The van der Waals surface area contributed by atoms with Crippen LogP contribution in [0.3, 0.4) is 0 Å². The quantitative estimate of drug-likeness (QED) is 0.798. The highest BCUT2D eigenvalue weighted by Gasteiger charge is 2.35. The molecule has 0 radical (unpaired) electrons. The van der Waals surface area contributed by atoms with Crippen LogP contribution in [0, 0.1) is 5.92 Å². The molecule has 0 bridgehead atoms. The smallest absolute Gasteiger partial charge is 0.240 e. The monoisotopic (exact) mass is 297 g/mol. The molecule has 2 aliphatic rings. The van der Waals surface area contributed by atoms with Crippen molar-refractivity contribution in [2.75, 3.05) is 32.8 Å². The van der Waals surface area contributed by atoms with Crippen molar-refractivity contribution in [1.29, 1.82) is 0 Å². The third kappa shape index (κ3) is 4.41. The SMILES string of the molecule is CC(C)C(CNC(=O)C1(N)CCCCC1)N1CCOCC1. The van der Waals surface area contributed by atoms with Crippen LogP contribution in [0.4, 0.5) is 0 Å². The first-order valence-corrected chi connectivity index (χ1v) is 8.42. The van der Waals surface area contributed by atoms with E-state index < -0.39 is 5.54 Å². The van der Waals surface area contributed by atoms with Crippen LogP contribution in [0.2, 0.25) is 0 Å². The normalized spacial score (nSPS) is 24.8. The Morgan fingerprint density at radius 3 is 2.43 bits per heavy atom. The van der Waals surface area contributed by atoms with Gasteiger partial charge in [-0.1, -0.05) is 33.1 Å². The van der Waals surface area contributed by atoms with Crippen LogP contribution in [0.15, 0.2) is 0 Å². The molecule has 1 aliphatic carbocycles. The van der Waals surface area contributed by atoms with E-state index in [1.165, 1.54) is 6.42 Å². The number of nitrogens with two attached hydrogens (primary N) is 1. The summed E-state index contributed by atoms with van der Waals surface area (Å²) in [7, 11) is 0. The number of morpholine rings is 1. The Kier molecular flexibility index (Phi) is 6.02. The molecule has 1 unspecified atom stereocenters. The second-order valence-electron chi connectivity index (χ2n) is 6.89. The molecule has 1 heterocycles. The largest absolute Gasteiger partial charge is 0.379 e. The molecule has 1 saturated carbocycles. The number of nitrogens with zero attached hydrogens (tertiary/aromatic N) is 1. The highest BCUT2D eigenvalue weighted by Crippen LogP contribution is 2.26. The van der Waals surface area contributed by atoms with Crippen molar-refractivity contribution in [2.45, 2.75) is 57.5 Å². The Labute approximate surface area is 128 Å². The molecule has 1 amide bonds. The molecule has 0 aromatic heterocycles. The second-order valence-corrected chi connectivity index (χ2v) is 6.89. The minimum absolute atomic E-state index is 0.0427. The van der Waals surface area contributed by atoms with Crippen LogP contribution in [-0.4, -0.2) is 55.2 Å². The lowest BCUT2D eigenvalue weighted by molar-refractivity contribution is -0.128. The van der Waals surface area contributed by atoms with E-state index in [0.717, 1.165) is 52.0 Å². The van der Waals surface area contributed by atoms with Crippen LogP contribution in [0.5, 0.6) is 0 Å². The van der Waals surface area contributed by atoms with Crippen molar-refractivity contribution in [3.05, 3.63) is 0 Å². The summed E-state index contributed by atoms with van der Waals surface area (Å²) in [5.74, 6) is 0.546. The lowest BCUT2D eigenvalue weighted by Gasteiger charge is -2.38. The van der Waals surface area contributed by atoms with E-state index in [2.05, 4.69) is 24.1 Å². The van der Waals surface area contributed by atoms with Gasteiger partial charge < -0.3 is 15.8 Å². The molecule has 5 nitrogen and oxygen atoms in total. The van der Waals surface area contributed by atoms with E-state index in [1.807, 2.05) is 0 Å². The molecule has 1 aliphatic heterocycles. The number of hydrogen-bond donors (Lipinski definition) is 2. The Morgan fingerprint density at radius 1 is 1.24 bits per heavy atom. The third-order valence-corrected chi connectivity index (χ3v) is 4.95. The summed E-state index contributed by atoms with van der Waals surface area (Å²) in [5.41, 5.74) is 5.66. The van der Waals surface area contributed by atoms with Gasteiger partial charge >= 0.3 is 0 Å². The predicted octanol–water partition coefficient (Wildman–Crippen LogP) is 1.12. The topological polar surface area (TPSA) is 67.6 Å².